The molecule has 22 heavy (non-hydrogen) atoms. The first-order chi connectivity index (χ1) is 10.3. The number of nitrogens with zero attached hydrogens (tertiary/aromatic N) is 1. The van der Waals surface area contributed by atoms with Gasteiger partial charge in [0.1, 0.15) is 0 Å². The topological polar surface area (TPSA) is 46.3 Å². The lowest BCUT2D eigenvalue weighted by Gasteiger charge is -2.39. The molecule has 1 saturated heterocycles. The highest BCUT2D eigenvalue weighted by Gasteiger charge is 2.41. The lowest BCUT2D eigenvalue weighted by atomic mass is 9.72. The number of amides is 1. The second-order valence-corrected chi connectivity index (χ2v) is 5.61. The number of primary amides is 1. The lowest BCUT2D eigenvalue weighted by Crippen LogP contribution is -2.50. The molecule has 1 aliphatic heterocycles. The molecule has 2 rings (SSSR count). The molecule has 0 aliphatic carbocycles. The molecule has 0 unspecified atom stereocenters. The fraction of sp³-hybridized carbons (Fsp3) is 0.438. The van der Waals surface area contributed by atoms with Crippen molar-refractivity contribution < 1.29 is 18.0 Å². The average molecular weight is 312 g/mol. The van der Waals surface area contributed by atoms with Gasteiger partial charge in [-0.05, 0) is 43.6 Å². The smallest absolute Gasteiger partial charge is 0.369 e. The first kappa shape index (κ1) is 16.5. The second kappa shape index (κ2) is 6.12. The number of piperidine rings is 1. The van der Waals surface area contributed by atoms with Gasteiger partial charge in [-0.3, -0.25) is 9.69 Å². The lowest BCUT2D eigenvalue weighted by molar-refractivity contribution is -0.137. The zero-order valence-electron chi connectivity index (χ0n) is 12.2. The Morgan fingerprint density at radius 3 is 2.23 bits per heavy atom. The van der Waals surface area contributed by atoms with Crippen LogP contribution in [0.15, 0.2) is 36.9 Å². The zero-order valence-corrected chi connectivity index (χ0v) is 12.2. The molecule has 0 saturated carbocycles. The number of carbonyl (C=O) groups excluding carboxylic acids is 1. The van der Waals surface area contributed by atoms with Gasteiger partial charge < -0.3 is 5.73 Å². The summed E-state index contributed by atoms with van der Waals surface area (Å²) in [7, 11) is 0. The molecule has 2 N–H and O–H groups in total. The van der Waals surface area contributed by atoms with Crippen molar-refractivity contribution in [2.75, 3.05) is 19.6 Å². The fourth-order valence-electron chi connectivity index (χ4n) is 2.96. The fourth-order valence-corrected chi connectivity index (χ4v) is 2.96. The second-order valence-electron chi connectivity index (χ2n) is 5.61. The molecule has 0 bridgehead atoms. The van der Waals surface area contributed by atoms with Gasteiger partial charge in [0.15, 0.2) is 0 Å². The molecule has 0 radical (unpaired) electrons. The summed E-state index contributed by atoms with van der Waals surface area (Å²) >= 11 is 0. The third-order valence-corrected chi connectivity index (χ3v) is 4.33. The molecule has 1 aliphatic rings. The molecule has 1 amide bonds. The molecule has 0 atom stereocenters. The van der Waals surface area contributed by atoms with E-state index in [-0.39, 0.29) is 0 Å². The van der Waals surface area contributed by atoms with Crippen molar-refractivity contribution in [2.45, 2.75) is 24.4 Å². The summed E-state index contributed by atoms with van der Waals surface area (Å²) in [4.78, 5) is 14.1. The van der Waals surface area contributed by atoms with Crippen molar-refractivity contribution in [3.63, 3.8) is 0 Å². The molecule has 1 heterocycles. The van der Waals surface area contributed by atoms with Gasteiger partial charge in [0.25, 0.3) is 0 Å². The summed E-state index contributed by atoms with van der Waals surface area (Å²) in [5, 5.41) is 0. The zero-order chi connectivity index (χ0) is 16.4. The van der Waals surface area contributed by atoms with Crippen molar-refractivity contribution in [3.05, 3.63) is 48.0 Å². The van der Waals surface area contributed by atoms with E-state index in [1.165, 1.54) is 12.1 Å². The Kier molecular flexibility index (Phi) is 4.60. The van der Waals surface area contributed by atoms with Crippen LogP contribution < -0.4 is 5.73 Å². The minimum absolute atomic E-state index is 0.481. The molecule has 1 aromatic carbocycles. The van der Waals surface area contributed by atoms with Gasteiger partial charge in [0, 0.05) is 6.54 Å². The highest BCUT2D eigenvalue weighted by atomic mass is 19.4. The van der Waals surface area contributed by atoms with Crippen molar-refractivity contribution in [1.29, 1.82) is 0 Å². The third kappa shape index (κ3) is 3.16. The van der Waals surface area contributed by atoms with Crippen LogP contribution in [0.1, 0.15) is 24.0 Å². The summed E-state index contributed by atoms with van der Waals surface area (Å²) < 4.78 is 37.9. The van der Waals surface area contributed by atoms with Crippen LogP contribution in [0.4, 0.5) is 13.2 Å². The largest absolute Gasteiger partial charge is 0.416 e. The number of halogens is 3. The van der Waals surface area contributed by atoms with E-state index in [1.54, 1.807) is 6.08 Å². The van der Waals surface area contributed by atoms with E-state index in [0.717, 1.165) is 18.7 Å². The van der Waals surface area contributed by atoms with Gasteiger partial charge in [0.2, 0.25) is 5.91 Å². The summed E-state index contributed by atoms with van der Waals surface area (Å²) in [5.74, 6) is -0.481. The number of hydrogen-bond donors (Lipinski definition) is 1. The molecule has 1 aromatic rings. The first-order valence-corrected chi connectivity index (χ1v) is 7.10. The van der Waals surface area contributed by atoms with E-state index >= 15 is 0 Å². The van der Waals surface area contributed by atoms with Gasteiger partial charge in [-0.2, -0.15) is 13.2 Å². The number of alkyl halides is 3. The van der Waals surface area contributed by atoms with Crippen LogP contribution in [0.3, 0.4) is 0 Å². The van der Waals surface area contributed by atoms with Crippen LogP contribution >= 0.6 is 0 Å². The van der Waals surface area contributed by atoms with E-state index in [1.807, 2.05) is 0 Å². The van der Waals surface area contributed by atoms with Gasteiger partial charge >= 0.3 is 6.18 Å². The highest BCUT2D eigenvalue weighted by Crippen LogP contribution is 2.37. The summed E-state index contributed by atoms with van der Waals surface area (Å²) in [6.45, 7) is 5.73. The number of rotatable bonds is 4. The Bertz CT molecular complexity index is 544. The summed E-state index contributed by atoms with van der Waals surface area (Å²) in [5.41, 5.74) is 4.53. The molecule has 1 fully saturated rings. The van der Waals surface area contributed by atoms with Crippen LogP contribution in [0.5, 0.6) is 0 Å². The first-order valence-electron chi connectivity index (χ1n) is 7.10. The predicted octanol–water partition coefficient (Wildman–Crippen LogP) is 2.71. The molecule has 3 nitrogen and oxygen atoms in total. The summed E-state index contributed by atoms with van der Waals surface area (Å²) in [6, 6.07) is 4.76. The molecule has 120 valence electrons. The maximum atomic E-state index is 12.6. The number of likely N-dealkylation sites (tertiary alicyclic amines) is 1. The van der Waals surface area contributed by atoms with E-state index in [4.69, 9.17) is 5.73 Å². The number of nitrogens with two attached hydrogens (primary N) is 1. The Morgan fingerprint density at radius 2 is 1.82 bits per heavy atom. The quantitative estimate of drug-likeness (QED) is 0.869. The number of carbonyl (C=O) groups is 1. The summed E-state index contributed by atoms with van der Waals surface area (Å²) in [6.07, 6.45) is -1.59. The Balaban J connectivity index is 2.26. The van der Waals surface area contributed by atoms with Crippen molar-refractivity contribution >= 4 is 5.91 Å². The van der Waals surface area contributed by atoms with Crippen molar-refractivity contribution in [1.82, 2.24) is 4.90 Å². The van der Waals surface area contributed by atoms with Gasteiger partial charge in [0.05, 0.1) is 11.0 Å². The standard InChI is InChI=1S/C16H19F3N2O/c1-2-9-21-10-7-15(8-11-21,14(20)22)12-3-5-13(6-4-12)16(17,18)19/h2-6H,1,7-11H2,(H2,20,22). The minimum Gasteiger partial charge on any atom is -0.369 e. The normalized spacial score (nSPS) is 18.9. The maximum absolute atomic E-state index is 12.6. The van der Waals surface area contributed by atoms with Crippen LogP contribution in [0, 0.1) is 0 Å². The predicted molar refractivity (Wildman–Crippen MR) is 78.2 cm³/mol. The van der Waals surface area contributed by atoms with E-state index in [2.05, 4.69) is 11.5 Å². The Labute approximate surface area is 127 Å². The molecular formula is C16H19F3N2O. The third-order valence-electron chi connectivity index (χ3n) is 4.33. The Hall–Kier alpha value is -1.82. The average Bonchev–Trinajstić information content (AvgIpc) is 2.47. The van der Waals surface area contributed by atoms with E-state index < -0.39 is 23.1 Å². The number of hydrogen-bond acceptors (Lipinski definition) is 2. The molecule has 6 heteroatoms. The van der Waals surface area contributed by atoms with Crippen LogP contribution in [-0.4, -0.2) is 30.4 Å². The molecular weight excluding hydrogens is 293 g/mol. The number of benzene rings is 1. The minimum atomic E-state index is -4.38. The SMILES string of the molecule is C=CCN1CCC(C(N)=O)(c2ccc(C(F)(F)F)cc2)CC1. The van der Waals surface area contributed by atoms with Gasteiger partial charge in [-0.1, -0.05) is 18.2 Å². The van der Waals surface area contributed by atoms with Crippen molar-refractivity contribution in [2.24, 2.45) is 5.73 Å². The van der Waals surface area contributed by atoms with Crippen molar-refractivity contribution in [3.8, 4) is 0 Å². The molecule has 0 spiro atoms. The van der Waals surface area contributed by atoms with E-state index in [0.29, 0.717) is 31.5 Å². The van der Waals surface area contributed by atoms with Crippen LogP contribution in [0.2, 0.25) is 0 Å². The van der Waals surface area contributed by atoms with Gasteiger partial charge in [-0.15, -0.1) is 6.58 Å². The van der Waals surface area contributed by atoms with Crippen LogP contribution in [-0.2, 0) is 16.4 Å². The monoisotopic (exact) mass is 312 g/mol. The van der Waals surface area contributed by atoms with Crippen LogP contribution in [0.25, 0.3) is 0 Å². The van der Waals surface area contributed by atoms with E-state index in [9.17, 15) is 18.0 Å². The molecule has 0 aromatic heterocycles. The van der Waals surface area contributed by atoms with Gasteiger partial charge in [-0.25, -0.2) is 0 Å². The Morgan fingerprint density at radius 1 is 1.27 bits per heavy atom. The highest BCUT2D eigenvalue weighted by molar-refractivity contribution is 5.87. The maximum Gasteiger partial charge on any atom is 0.416 e.